The number of carbonyl (C=O) groups is 2. The fourth-order valence-electron chi connectivity index (χ4n) is 1.48. The number of carboxylic acid groups (broad SMARTS) is 1. The summed E-state index contributed by atoms with van der Waals surface area (Å²) in [6, 6.07) is 3.93. The van der Waals surface area contributed by atoms with E-state index in [0.717, 1.165) is 9.88 Å². The first-order chi connectivity index (χ1) is 9.06. The second-order valence-corrected chi connectivity index (χ2v) is 5.75. The Labute approximate surface area is 118 Å². The van der Waals surface area contributed by atoms with E-state index in [1.165, 1.54) is 23.3 Å². The van der Waals surface area contributed by atoms with Gasteiger partial charge < -0.3 is 10.0 Å². The molecular weight excluding hydrogens is 284 g/mol. The summed E-state index contributed by atoms with van der Waals surface area (Å²) in [6.45, 7) is -0.291. The van der Waals surface area contributed by atoms with Crippen molar-refractivity contribution in [2.75, 3.05) is 13.6 Å². The van der Waals surface area contributed by atoms with Crippen LogP contribution in [0.2, 0.25) is 0 Å². The summed E-state index contributed by atoms with van der Waals surface area (Å²) >= 11 is 3.08. The van der Waals surface area contributed by atoms with Gasteiger partial charge in [-0.3, -0.25) is 9.59 Å². The maximum Gasteiger partial charge on any atom is 0.323 e. The summed E-state index contributed by atoms with van der Waals surface area (Å²) in [5.41, 5.74) is 0.677. The van der Waals surface area contributed by atoms with Crippen molar-refractivity contribution in [2.24, 2.45) is 0 Å². The van der Waals surface area contributed by atoms with Crippen LogP contribution in [0.5, 0.6) is 0 Å². The lowest BCUT2D eigenvalue weighted by molar-refractivity contribution is -0.143. The van der Waals surface area contributed by atoms with E-state index in [1.54, 1.807) is 11.3 Å². The standard InChI is InChI=1S/C12H12N2O3S2/c1-14(6-11(16)17)10(15)5-8-7-19-12(13-8)9-3-2-4-18-9/h2-4,7H,5-6H2,1H3,(H,16,17). The fraction of sp³-hybridized carbons (Fsp3) is 0.250. The quantitative estimate of drug-likeness (QED) is 0.915. The number of nitrogens with zero attached hydrogens (tertiary/aromatic N) is 2. The van der Waals surface area contributed by atoms with Crippen molar-refractivity contribution in [3.8, 4) is 9.88 Å². The first kappa shape index (κ1) is 13.7. The second kappa shape index (κ2) is 5.94. The zero-order chi connectivity index (χ0) is 13.8. The molecule has 0 spiro atoms. The third-order valence-corrected chi connectivity index (χ3v) is 4.34. The molecule has 0 aliphatic heterocycles. The minimum Gasteiger partial charge on any atom is -0.480 e. The molecule has 19 heavy (non-hydrogen) atoms. The van der Waals surface area contributed by atoms with Gasteiger partial charge in [0.05, 0.1) is 17.0 Å². The number of carbonyl (C=O) groups excluding carboxylic acids is 1. The van der Waals surface area contributed by atoms with Crippen LogP contribution < -0.4 is 0 Å². The molecule has 1 N–H and O–H groups in total. The number of hydrogen-bond donors (Lipinski definition) is 1. The minimum atomic E-state index is -1.02. The lowest BCUT2D eigenvalue weighted by Crippen LogP contribution is -2.33. The van der Waals surface area contributed by atoms with Gasteiger partial charge in [0.25, 0.3) is 0 Å². The molecule has 5 nitrogen and oxygen atoms in total. The molecule has 2 heterocycles. The molecule has 1 amide bonds. The van der Waals surface area contributed by atoms with E-state index >= 15 is 0 Å². The van der Waals surface area contributed by atoms with Crippen molar-refractivity contribution in [1.29, 1.82) is 0 Å². The monoisotopic (exact) mass is 296 g/mol. The molecule has 0 saturated carbocycles. The van der Waals surface area contributed by atoms with Gasteiger partial charge in [-0.1, -0.05) is 6.07 Å². The number of rotatable bonds is 5. The zero-order valence-electron chi connectivity index (χ0n) is 10.2. The number of thiazole rings is 1. The lowest BCUT2D eigenvalue weighted by Gasteiger charge is -2.13. The summed E-state index contributed by atoms with van der Waals surface area (Å²) in [4.78, 5) is 28.9. The van der Waals surface area contributed by atoms with Crippen LogP contribution in [0.15, 0.2) is 22.9 Å². The highest BCUT2D eigenvalue weighted by Crippen LogP contribution is 2.27. The Morgan fingerprint density at radius 2 is 2.21 bits per heavy atom. The average molecular weight is 296 g/mol. The van der Waals surface area contributed by atoms with Gasteiger partial charge >= 0.3 is 5.97 Å². The molecule has 2 aromatic rings. The van der Waals surface area contributed by atoms with Gasteiger partial charge in [0.15, 0.2) is 0 Å². The van der Waals surface area contributed by atoms with Crippen molar-refractivity contribution < 1.29 is 14.7 Å². The third kappa shape index (κ3) is 3.62. The number of likely N-dealkylation sites (N-methyl/N-ethyl adjacent to an activating group) is 1. The molecule has 0 aromatic carbocycles. The highest BCUT2D eigenvalue weighted by molar-refractivity contribution is 7.20. The largest absolute Gasteiger partial charge is 0.480 e. The molecule has 0 aliphatic carbocycles. The first-order valence-corrected chi connectivity index (χ1v) is 7.26. The minimum absolute atomic E-state index is 0.131. The van der Waals surface area contributed by atoms with Crippen LogP contribution in [0.3, 0.4) is 0 Å². The van der Waals surface area contributed by atoms with E-state index < -0.39 is 5.97 Å². The summed E-state index contributed by atoms with van der Waals surface area (Å²) in [5.74, 6) is -1.26. The van der Waals surface area contributed by atoms with E-state index in [-0.39, 0.29) is 18.9 Å². The van der Waals surface area contributed by atoms with Gasteiger partial charge in [0, 0.05) is 12.4 Å². The summed E-state index contributed by atoms with van der Waals surface area (Å²) < 4.78 is 0. The highest BCUT2D eigenvalue weighted by atomic mass is 32.1. The molecule has 0 fully saturated rings. The van der Waals surface area contributed by atoms with Crippen LogP contribution in [0.1, 0.15) is 5.69 Å². The van der Waals surface area contributed by atoms with Crippen molar-refractivity contribution in [2.45, 2.75) is 6.42 Å². The van der Waals surface area contributed by atoms with Crippen LogP contribution in [0.25, 0.3) is 9.88 Å². The number of thiophene rings is 1. The molecule has 0 bridgehead atoms. The van der Waals surface area contributed by atoms with E-state index in [9.17, 15) is 9.59 Å². The first-order valence-electron chi connectivity index (χ1n) is 5.50. The summed E-state index contributed by atoms with van der Waals surface area (Å²) in [7, 11) is 1.48. The van der Waals surface area contributed by atoms with Crippen LogP contribution in [0, 0.1) is 0 Å². The Hall–Kier alpha value is -1.73. The number of carboxylic acids is 1. The molecule has 100 valence electrons. The third-order valence-electron chi connectivity index (χ3n) is 2.41. The van der Waals surface area contributed by atoms with Crippen LogP contribution in [-0.4, -0.2) is 40.5 Å². The van der Waals surface area contributed by atoms with Gasteiger partial charge in [-0.15, -0.1) is 22.7 Å². The lowest BCUT2D eigenvalue weighted by atomic mass is 10.3. The average Bonchev–Trinajstić information content (AvgIpc) is 2.96. The maximum atomic E-state index is 11.8. The van der Waals surface area contributed by atoms with Gasteiger partial charge in [-0.05, 0) is 11.4 Å². The van der Waals surface area contributed by atoms with Crippen molar-refractivity contribution >= 4 is 34.6 Å². The van der Waals surface area contributed by atoms with Gasteiger partial charge in [-0.25, -0.2) is 4.98 Å². The van der Waals surface area contributed by atoms with Crippen LogP contribution in [-0.2, 0) is 16.0 Å². The molecule has 0 unspecified atom stereocenters. The second-order valence-electron chi connectivity index (χ2n) is 3.94. The number of hydrogen-bond acceptors (Lipinski definition) is 5. The zero-order valence-corrected chi connectivity index (χ0v) is 11.8. The molecule has 2 aromatic heterocycles. The van der Waals surface area contributed by atoms with Gasteiger partial charge in [0.1, 0.15) is 11.6 Å². The predicted octanol–water partition coefficient (Wildman–Crippen LogP) is 1.96. The smallest absolute Gasteiger partial charge is 0.323 e. The fourth-order valence-corrected chi connectivity index (χ4v) is 3.12. The highest BCUT2D eigenvalue weighted by Gasteiger charge is 2.15. The van der Waals surface area contributed by atoms with Crippen LogP contribution >= 0.6 is 22.7 Å². The number of amides is 1. The Balaban J connectivity index is 2.00. The van der Waals surface area contributed by atoms with Crippen molar-refractivity contribution in [3.63, 3.8) is 0 Å². The van der Waals surface area contributed by atoms with Crippen molar-refractivity contribution in [1.82, 2.24) is 9.88 Å². The Morgan fingerprint density at radius 3 is 2.84 bits per heavy atom. The summed E-state index contributed by atoms with van der Waals surface area (Å²) in [6.07, 6.45) is 0.131. The maximum absolute atomic E-state index is 11.8. The Kier molecular flexibility index (Phi) is 4.28. The topological polar surface area (TPSA) is 70.5 Å². The number of aliphatic carboxylic acids is 1. The SMILES string of the molecule is CN(CC(=O)O)C(=O)Cc1csc(-c2cccs2)n1. The molecule has 0 saturated heterocycles. The van der Waals surface area contributed by atoms with E-state index in [1.807, 2.05) is 22.9 Å². The van der Waals surface area contributed by atoms with E-state index in [0.29, 0.717) is 5.69 Å². The Bertz CT molecular complexity index is 578. The molecule has 0 atom stereocenters. The summed E-state index contributed by atoms with van der Waals surface area (Å²) in [5, 5.41) is 13.3. The molecular formula is C12H12N2O3S2. The number of aromatic nitrogens is 1. The normalized spacial score (nSPS) is 10.4. The molecule has 2 rings (SSSR count). The molecule has 7 heteroatoms. The van der Waals surface area contributed by atoms with Crippen molar-refractivity contribution in [3.05, 3.63) is 28.6 Å². The molecule has 0 aliphatic rings. The van der Waals surface area contributed by atoms with E-state index in [2.05, 4.69) is 4.98 Å². The van der Waals surface area contributed by atoms with Gasteiger partial charge in [-0.2, -0.15) is 0 Å². The van der Waals surface area contributed by atoms with Gasteiger partial charge in [0.2, 0.25) is 5.91 Å². The Morgan fingerprint density at radius 1 is 1.42 bits per heavy atom. The predicted molar refractivity (Wildman–Crippen MR) is 74.4 cm³/mol. The van der Waals surface area contributed by atoms with E-state index in [4.69, 9.17) is 5.11 Å². The van der Waals surface area contributed by atoms with Crippen LogP contribution in [0.4, 0.5) is 0 Å². The molecule has 0 radical (unpaired) electrons.